The molecule has 0 aliphatic heterocycles. The zero-order valence-electron chi connectivity index (χ0n) is 7.35. The van der Waals surface area contributed by atoms with Crippen LogP contribution in [0.25, 0.3) is 0 Å². The lowest BCUT2D eigenvalue weighted by molar-refractivity contribution is -0.385. The maximum Gasteiger partial charge on any atom is 0.312 e. The molecule has 0 aliphatic carbocycles. The van der Waals surface area contributed by atoms with E-state index in [0.717, 1.165) is 12.1 Å². The lowest BCUT2D eigenvalue weighted by atomic mass is 10.1. The van der Waals surface area contributed by atoms with Crippen LogP contribution in [-0.2, 0) is 0 Å². The van der Waals surface area contributed by atoms with Crippen molar-refractivity contribution < 1.29 is 14.8 Å². The molecule has 3 N–H and O–H groups in total. The predicted octanol–water partition coefficient (Wildman–Crippen LogP) is 1.09. The molecule has 0 bridgehead atoms. The summed E-state index contributed by atoms with van der Waals surface area (Å²) in [6.07, 6.45) is 0. The molecule has 1 aromatic rings. The number of phenolic OH excluding ortho intramolecular Hbond substituents is 1. The van der Waals surface area contributed by atoms with Gasteiger partial charge in [-0.3, -0.25) is 14.9 Å². The molecular formula is C8H8N2O4. The topological polar surface area (TPSA) is 106 Å². The van der Waals surface area contributed by atoms with Gasteiger partial charge in [-0.1, -0.05) is 0 Å². The molecule has 6 heteroatoms. The minimum Gasteiger partial charge on any atom is -0.502 e. The van der Waals surface area contributed by atoms with Gasteiger partial charge in [-0.25, -0.2) is 0 Å². The Balaban J connectivity index is 3.38. The van der Waals surface area contributed by atoms with E-state index in [4.69, 9.17) is 5.73 Å². The van der Waals surface area contributed by atoms with E-state index in [1.807, 2.05) is 0 Å². The number of hydrogen-bond donors (Lipinski definition) is 2. The van der Waals surface area contributed by atoms with Crippen LogP contribution in [0.2, 0.25) is 0 Å². The summed E-state index contributed by atoms with van der Waals surface area (Å²) in [6.45, 7) is 1.26. The number of nitro groups is 1. The number of nitrogens with zero attached hydrogens (tertiary/aromatic N) is 1. The number of nitrogens with two attached hydrogens (primary N) is 1. The summed E-state index contributed by atoms with van der Waals surface area (Å²) in [4.78, 5) is 20.5. The van der Waals surface area contributed by atoms with Crippen LogP contribution in [0.5, 0.6) is 5.75 Å². The molecule has 0 radical (unpaired) electrons. The molecule has 0 spiro atoms. The third kappa shape index (κ3) is 1.63. The Morgan fingerprint density at radius 2 is 2.14 bits per heavy atom. The van der Waals surface area contributed by atoms with Gasteiger partial charge in [0, 0.05) is 17.3 Å². The van der Waals surface area contributed by atoms with Gasteiger partial charge < -0.3 is 10.8 Å². The summed E-state index contributed by atoms with van der Waals surface area (Å²) in [5, 5.41) is 19.5. The Kier molecular flexibility index (Phi) is 2.37. The molecule has 0 fully saturated rings. The van der Waals surface area contributed by atoms with Crippen LogP contribution in [-0.4, -0.2) is 15.8 Å². The van der Waals surface area contributed by atoms with Crippen LogP contribution in [0.4, 0.5) is 11.4 Å². The lowest BCUT2D eigenvalue weighted by Crippen LogP contribution is -2.01. The number of benzene rings is 1. The first kappa shape index (κ1) is 9.97. The molecule has 1 rings (SSSR count). The highest BCUT2D eigenvalue weighted by atomic mass is 16.6. The Bertz CT molecular complexity index is 374. The largest absolute Gasteiger partial charge is 0.502 e. The molecule has 0 saturated carbocycles. The molecule has 0 heterocycles. The van der Waals surface area contributed by atoms with Crippen molar-refractivity contribution in [1.29, 1.82) is 0 Å². The Hall–Kier alpha value is -2.11. The Labute approximate surface area is 79.1 Å². The van der Waals surface area contributed by atoms with Crippen molar-refractivity contribution in [2.24, 2.45) is 0 Å². The fourth-order valence-electron chi connectivity index (χ4n) is 1.04. The van der Waals surface area contributed by atoms with Crippen molar-refractivity contribution in [3.8, 4) is 5.75 Å². The summed E-state index contributed by atoms with van der Waals surface area (Å²) in [7, 11) is 0. The van der Waals surface area contributed by atoms with Gasteiger partial charge in [0.25, 0.3) is 0 Å². The minimum absolute atomic E-state index is 0.0120. The molecule has 0 aromatic heterocycles. The third-order valence-electron chi connectivity index (χ3n) is 1.72. The smallest absolute Gasteiger partial charge is 0.312 e. The van der Waals surface area contributed by atoms with Crippen LogP contribution in [0.1, 0.15) is 17.3 Å². The molecule has 6 nitrogen and oxygen atoms in total. The van der Waals surface area contributed by atoms with E-state index in [0.29, 0.717) is 0 Å². The average molecular weight is 196 g/mol. The van der Waals surface area contributed by atoms with E-state index in [1.54, 1.807) is 0 Å². The summed E-state index contributed by atoms with van der Waals surface area (Å²) in [6, 6.07) is 1.96. The number of carbonyl (C=O) groups is 1. The van der Waals surface area contributed by atoms with Crippen LogP contribution in [0.15, 0.2) is 12.1 Å². The molecule has 0 aliphatic rings. The van der Waals surface area contributed by atoms with Crippen LogP contribution in [0.3, 0.4) is 0 Å². The maximum absolute atomic E-state index is 10.9. The van der Waals surface area contributed by atoms with Gasteiger partial charge in [-0.15, -0.1) is 0 Å². The van der Waals surface area contributed by atoms with E-state index in [1.165, 1.54) is 6.92 Å². The fraction of sp³-hybridized carbons (Fsp3) is 0.125. The normalized spacial score (nSPS) is 9.79. The van der Waals surface area contributed by atoms with Crippen LogP contribution < -0.4 is 5.73 Å². The number of ketones is 1. The molecule has 0 amide bonds. The molecule has 74 valence electrons. The summed E-state index contributed by atoms with van der Waals surface area (Å²) in [5.74, 6) is -0.915. The SMILES string of the molecule is CC(=O)c1cc(O)c([N+](=O)[O-])cc1N. The van der Waals surface area contributed by atoms with Gasteiger partial charge in [0.05, 0.1) is 4.92 Å². The minimum atomic E-state index is -0.768. The van der Waals surface area contributed by atoms with Gasteiger partial charge in [-0.05, 0) is 13.0 Å². The van der Waals surface area contributed by atoms with Crippen molar-refractivity contribution in [2.45, 2.75) is 6.92 Å². The first-order valence-electron chi connectivity index (χ1n) is 3.71. The number of carbonyl (C=O) groups excluding carboxylic acids is 1. The summed E-state index contributed by atoms with van der Waals surface area (Å²) < 4.78 is 0. The number of nitro benzene ring substituents is 1. The van der Waals surface area contributed by atoms with E-state index in [2.05, 4.69) is 0 Å². The number of hydrogen-bond acceptors (Lipinski definition) is 5. The number of rotatable bonds is 2. The molecule has 0 saturated heterocycles. The van der Waals surface area contributed by atoms with Gasteiger partial charge in [0.15, 0.2) is 11.5 Å². The van der Waals surface area contributed by atoms with Crippen LogP contribution in [0, 0.1) is 10.1 Å². The second-order valence-electron chi connectivity index (χ2n) is 2.74. The molecule has 14 heavy (non-hydrogen) atoms. The number of aromatic hydroxyl groups is 1. The predicted molar refractivity (Wildman–Crippen MR) is 49.2 cm³/mol. The highest BCUT2D eigenvalue weighted by molar-refractivity contribution is 6.00. The van der Waals surface area contributed by atoms with Crippen LogP contribution >= 0.6 is 0 Å². The highest BCUT2D eigenvalue weighted by Gasteiger charge is 2.17. The van der Waals surface area contributed by atoms with Gasteiger partial charge in [0.2, 0.25) is 0 Å². The zero-order chi connectivity index (χ0) is 10.9. The maximum atomic E-state index is 10.9. The molecule has 0 atom stereocenters. The Morgan fingerprint density at radius 1 is 1.57 bits per heavy atom. The summed E-state index contributed by atoms with van der Waals surface area (Å²) >= 11 is 0. The van der Waals surface area contributed by atoms with Crippen molar-refractivity contribution in [3.05, 3.63) is 27.8 Å². The standard InChI is InChI=1S/C8H8N2O4/c1-4(11)5-2-8(12)7(10(13)14)3-6(5)9/h2-3,12H,9H2,1H3. The molecule has 1 aromatic carbocycles. The van der Waals surface area contributed by atoms with Gasteiger partial charge in [0.1, 0.15) is 0 Å². The quantitative estimate of drug-likeness (QED) is 0.242. The number of Topliss-reactive ketones (excluding diaryl/α,β-unsaturated/α-hetero) is 1. The average Bonchev–Trinajstić information content (AvgIpc) is 2.07. The van der Waals surface area contributed by atoms with Crippen molar-refractivity contribution in [1.82, 2.24) is 0 Å². The van der Waals surface area contributed by atoms with Gasteiger partial charge >= 0.3 is 5.69 Å². The van der Waals surface area contributed by atoms with E-state index >= 15 is 0 Å². The number of anilines is 1. The van der Waals surface area contributed by atoms with Gasteiger partial charge in [-0.2, -0.15) is 0 Å². The zero-order valence-corrected chi connectivity index (χ0v) is 7.35. The number of phenols is 1. The summed E-state index contributed by atoms with van der Waals surface area (Å²) in [5.41, 5.74) is 4.95. The van der Waals surface area contributed by atoms with E-state index in [9.17, 15) is 20.0 Å². The molecule has 0 unspecified atom stereocenters. The second-order valence-corrected chi connectivity index (χ2v) is 2.74. The first-order valence-corrected chi connectivity index (χ1v) is 3.71. The third-order valence-corrected chi connectivity index (χ3v) is 1.72. The van der Waals surface area contributed by atoms with Crippen molar-refractivity contribution in [3.63, 3.8) is 0 Å². The number of nitrogen functional groups attached to an aromatic ring is 1. The highest BCUT2D eigenvalue weighted by Crippen LogP contribution is 2.30. The van der Waals surface area contributed by atoms with Crippen molar-refractivity contribution in [2.75, 3.05) is 5.73 Å². The van der Waals surface area contributed by atoms with E-state index in [-0.39, 0.29) is 17.0 Å². The monoisotopic (exact) mass is 196 g/mol. The Morgan fingerprint density at radius 3 is 2.57 bits per heavy atom. The fourth-order valence-corrected chi connectivity index (χ4v) is 1.04. The second kappa shape index (κ2) is 3.33. The van der Waals surface area contributed by atoms with Crippen molar-refractivity contribution >= 4 is 17.2 Å². The van der Waals surface area contributed by atoms with E-state index < -0.39 is 16.4 Å². The lowest BCUT2D eigenvalue weighted by Gasteiger charge is -2.02. The first-order chi connectivity index (χ1) is 6.43. The molecular weight excluding hydrogens is 188 g/mol.